The second-order valence-electron chi connectivity index (χ2n) is 6.10. The van der Waals surface area contributed by atoms with Gasteiger partial charge in [0.05, 0.1) is 22.9 Å². The van der Waals surface area contributed by atoms with E-state index in [0.29, 0.717) is 9.92 Å². The van der Waals surface area contributed by atoms with Gasteiger partial charge in [0.15, 0.2) is 0 Å². The predicted octanol–water partition coefficient (Wildman–Crippen LogP) is 3.97. The van der Waals surface area contributed by atoms with Crippen LogP contribution in [0.4, 0.5) is 5.69 Å². The summed E-state index contributed by atoms with van der Waals surface area (Å²) in [6.07, 6.45) is 3.81. The van der Waals surface area contributed by atoms with Crippen molar-refractivity contribution in [2.45, 2.75) is 35.6 Å². The number of rotatable bonds is 5. The van der Waals surface area contributed by atoms with Gasteiger partial charge in [0.25, 0.3) is 5.69 Å². The standard InChI is InChI=1S/C18H19ClN2O2S/c19-15-5-7-16(8-6-15)24-18-9-4-14(12-17(18)21(22)23)13-20-10-2-1-3-11-20/h4-9,12H,1-3,10-11,13H2/p+1. The minimum atomic E-state index is -0.284. The van der Waals surface area contributed by atoms with Gasteiger partial charge in [-0.2, -0.15) is 0 Å². The van der Waals surface area contributed by atoms with Gasteiger partial charge < -0.3 is 4.90 Å². The van der Waals surface area contributed by atoms with Crippen LogP contribution in [0.1, 0.15) is 24.8 Å². The molecule has 0 amide bonds. The van der Waals surface area contributed by atoms with E-state index in [4.69, 9.17) is 11.6 Å². The second-order valence-corrected chi connectivity index (χ2v) is 7.65. The monoisotopic (exact) mass is 363 g/mol. The predicted molar refractivity (Wildman–Crippen MR) is 96.9 cm³/mol. The quantitative estimate of drug-likeness (QED) is 0.646. The highest BCUT2D eigenvalue weighted by Gasteiger charge is 2.19. The molecule has 1 aliphatic heterocycles. The van der Waals surface area contributed by atoms with E-state index in [1.165, 1.54) is 35.9 Å². The van der Waals surface area contributed by atoms with Gasteiger partial charge in [-0.25, -0.2) is 0 Å². The average molecular weight is 364 g/mol. The molecule has 4 nitrogen and oxygen atoms in total. The third kappa shape index (κ3) is 4.50. The normalized spacial score (nSPS) is 15.4. The maximum atomic E-state index is 11.5. The zero-order chi connectivity index (χ0) is 16.9. The molecule has 2 aromatic rings. The molecule has 0 unspecified atom stereocenters. The molecule has 0 aromatic heterocycles. The lowest BCUT2D eigenvalue weighted by Gasteiger charge is -2.23. The number of likely N-dealkylation sites (tertiary alicyclic amines) is 1. The Morgan fingerprint density at radius 2 is 1.79 bits per heavy atom. The van der Waals surface area contributed by atoms with E-state index < -0.39 is 0 Å². The second kappa shape index (κ2) is 8.01. The lowest BCUT2D eigenvalue weighted by atomic mass is 10.1. The van der Waals surface area contributed by atoms with Crippen LogP contribution in [0.5, 0.6) is 0 Å². The average Bonchev–Trinajstić information content (AvgIpc) is 2.59. The largest absolute Gasteiger partial charge is 0.331 e. The first kappa shape index (κ1) is 17.3. The van der Waals surface area contributed by atoms with Crippen LogP contribution in [-0.2, 0) is 6.54 Å². The van der Waals surface area contributed by atoms with E-state index in [1.54, 1.807) is 18.2 Å². The van der Waals surface area contributed by atoms with Crippen LogP contribution in [0.3, 0.4) is 0 Å². The van der Waals surface area contributed by atoms with Crippen molar-refractivity contribution in [1.29, 1.82) is 0 Å². The van der Waals surface area contributed by atoms with E-state index in [0.717, 1.165) is 30.1 Å². The molecule has 1 fully saturated rings. The molecule has 1 saturated heterocycles. The fourth-order valence-electron chi connectivity index (χ4n) is 3.05. The van der Waals surface area contributed by atoms with Crippen LogP contribution in [0, 0.1) is 10.1 Å². The van der Waals surface area contributed by atoms with Crippen molar-refractivity contribution in [1.82, 2.24) is 0 Å². The molecule has 0 atom stereocenters. The fraction of sp³-hybridized carbons (Fsp3) is 0.333. The smallest absolute Gasteiger partial charge is 0.283 e. The first-order valence-electron chi connectivity index (χ1n) is 8.16. The van der Waals surface area contributed by atoms with E-state index in [2.05, 4.69) is 0 Å². The Labute approximate surface area is 151 Å². The van der Waals surface area contributed by atoms with Gasteiger partial charge in [-0.15, -0.1) is 0 Å². The Kier molecular flexibility index (Phi) is 5.76. The summed E-state index contributed by atoms with van der Waals surface area (Å²) in [4.78, 5) is 14.3. The first-order valence-corrected chi connectivity index (χ1v) is 9.35. The van der Waals surface area contributed by atoms with E-state index in [9.17, 15) is 10.1 Å². The topological polar surface area (TPSA) is 47.6 Å². The summed E-state index contributed by atoms with van der Waals surface area (Å²) in [6.45, 7) is 3.19. The summed E-state index contributed by atoms with van der Waals surface area (Å²) in [7, 11) is 0. The summed E-state index contributed by atoms with van der Waals surface area (Å²) < 4.78 is 0. The van der Waals surface area contributed by atoms with Gasteiger partial charge in [-0.1, -0.05) is 29.4 Å². The van der Waals surface area contributed by atoms with Crippen LogP contribution in [-0.4, -0.2) is 18.0 Å². The Balaban J connectivity index is 1.79. The minimum absolute atomic E-state index is 0.184. The Hall–Kier alpha value is -1.56. The molecular formula is C18H20ClN2O2S+. The van der Waals surface area contributed by atoms with Gasteiger partial charge in [0.1, 0.15) is 6.54 Å². The van der Waals surface area contributed by atoms with Crippen LogP contribution >= 0.6 is 23.4 Å². The summed E-state index contributed by atoms with van der Waals surface area (Å²) in [5, 5.41) is 12.1. The number of nitrogens with one attached hydrogen (secondary N) is 1. The number of nitrogens with zero attached hydrogens (tertiary/aromatic N) is 1. The van der Waals surface area contributed by atoms with Gasteiger partial charge in [-0.05, 0) is 49.6 Å². The molecule has 0 saturated carbocycles. The summed E-state index contributed by atoms with van der Waals surface area (Å²) >= 11 is 7.29. The Morgan fingerprint density at radius 1 is 1.08 bits per heavy atom. The third-order valence-corrected chi connectivity index (χ3v) is 5.60. The van der Waals surface area contributed by atoms with Gasteiger partial charge in [-0.3, -0.25) is 10.1 Å². The molecule has 24 heavy (non-hydrogen) atoms. The van der Waals surface area contributed by atoms with Crippen LogP contribution in [0.2, 0.25) is 5.02 Å². The fourth-order valence-corrected chi connectivity index (χ4v) is 4.07. The van der Waals surface area contributed by atoms with E-state index >= 15 is 0 Å². The Bertz CT molecular complexity index is 715. The number of nitro benzene ring substituents is 1. The van der Waals surface area contributed by atoms with Gasteiger partial charge in [0.2, 0.25) is 0 Å². The summed E-state index contributed by atoms with van der Waals surface area (Å²) in [5.41, 5.74) is 1.22. The van der Waals surface area contributed by atoms with Crippen molar-refractivity contribution in [3.63, 3.8) is 0 Å². The molecular weight excluding hydrogens is 344 g/mol. The van der Waals surface area contributed by atoms with Crippen molar-refractivity contribution in [3.05, 3.63) is 63.2 Å². The van der Waals surface area contributed by atoms with Gasteiger partial charge >= 0.3 is 0 Å². The maximum absolute atomic E-state index is 11.5. The molecule has 2 aromatic carbocycles. The Morgan fingerprint density at radius 3 is 2.46 bits per heavy atom. The summed E-state index contributed by atoms with van der Waals surface area (Å²) in [5.74, 6) is 0. The number of quaternary nitrogens is 1. The molecule has 1 aliphatic rings. The molecule has 1 heterocycles. The van der Waals surface area contributed by atoms with Crippen molar-refractivity contribution < 1.29 is 9.82 Å². The molecule has 0 spiro atoms. The number of hydrogen-bond donors (Lipinski definition) is 1. The molecule has 6 heteroatoms. The minimum Gasteiger partial charge on any atom is -0.331 e. The van der Waals surface area contributed by atoms with Gasteiger partial charge in [0, 0.05) is 21.5 Å². The highest BCUT2D eigenvalue weighted by Crippen LogP contribution is 2.35. The molecule has 126 valence electrons. The number of halogens is 1. The maximum Gasteiger partial charge on any atom is 0.283 e. The van der Waals surface area contributed by atoms with Crippen molar-refractivity contribution >= 4 is 29.1 Å². The van der Waals surface area contributed by atoms with Crippen molar-refractivity contribution in [3.8, 4) is 0 Å². The lowest BCUT2D eigenvalue weighted by molar-refractivity contribution is -0.918. The van der Waals surface area contributed by atoms with E-state index in [-0.39, 0.29) is 10.6 Å². The SMILES string of the molecule is O=[N+]([O-])c1cc(C[NH+]2CCCCC2)ccc1Sc1ccc(Cl)cc1. The van der Waals surface area contributed by atoms with Crippen LogP contribution in [0.15, 0.2) is 52.3 Å². The lowest BCUT2D eigenvalue weighted by Crippen LogP contribution is -3.11. The molecule has 3 rings (SSSR count). The van der Waals surface area contributed by atoms with Crippen molar-refractivity contribution in [2.75, 3.05) is 13.1 Å². The number of piperidine rings is 1. The third-order valence-electron chi connectivity index (χ3n) is 4.28. The summed E-state index contributed by atoms with van der Waals surface area (Å²) in [6, 6.07) is 13.0. The highest BCUT2D eigenvalue weighted by molar-refractivity contribution is 7.99. The highest BCUT2D eigenvalue weighted by atomic mass is 35.5. The van der Waals surface area contributed by atoms with Crippen LogP contribution in [0.25, 0.3) is 0 Å². The molecule has 0 aliphatic carbocycles. The van der Waals surface area contributed by atoms with E-state index in [1.807, 2.05) is 24.3 Å². The number of nitro groups is 1. The van der Waals surface area contributed by atoms with Crippen molar-refractivity contribution in [2.24, 2.45) is 0 Å². The first-order chi connectivity index (χ1) is 11.6. The molecule has 0 radical (unpaired) electrons. The van der Waals surface area contributed by atoms with Crippen LogP contribution < -0.4 is 4.90 Å². The molecule has 0 bridgehead atoms. The molecule has 1 N–H and O–H groups in total. The zero-order valence-corrected chi connectivity index (χ0v) is 14.9. The zero-order valence-electron chi connectivity index (χ0n) is 13.3. The number of benzene rings is 2. The number of hydrogen-bond acceptors (Lipinski definition) is 3.